The lowest BCUT2D eigenvalue weighted by atomic mass is 9.79. The highest BCUT2D eigenvalue weighted by atomic mass is 16.7. The van der Waals surface area contributed by atoms with Gasteiger partial charge in [-0.05, 0) is 20.3 Å². The van der Waals surface area contributed by atoms with Gasteiger partial charge in [-0.2, -0.15) is 0 Å². The van der Waals surface area contributed by atoms with E-state index < -0.39 is 0 Å². The van der Waals surface area contributed by atoms with Crippen LogP contribution in [0.5, 0.6) is 0 Å². The maximum atomic E-state index is 5.65. The van der Waals surface area contributed by atoms with Crippen molar-refractivity contribution in [3.63, 3.8) is 0 Å². The molecule has 0 unspecified atom stereocenters. The van der Waals surface area contributed by atoms with Crippen molar-refractivity contribution in [1.82, 2.24) is 0 Å². The average Bonchev–Trinajstić information content (AvgIpc) is 2.14. The van der Waals surface area contributed by atoms with E-state index in [9.17, 15) is 0 Å². The molecule has 1 fully saturated rings. The molecule has 13 heavy (non-hydrogen) atoms. The second-order valence-electron chi connectivity index (χ2n) is 3.81. The Morgan fingerprint density at radius 3 is 2.54 bits per heavy atom. The zero-order chi connectivity index (χ0) is 9.31. The van der Waals surface area contributed by atoms with Crippen molar-refractivity contribution in [3.05, 3.63) is 24.3 Å². The van der Waals surface area contributed by atoms with E-state index in [4.69, 9.17) is 9.47 Å². The molecule has 1 aliphatic heterocycles. The summed E-state index contributed by atoms with van der Waals surface area (Å²) >= 11 is 0. The third-order valence-corrected chi connectivity index (χ3v) is 2.85. The zero-order valence-electron chi connectivity index (χ0n) is 8.19. The summed E-state index contributed by atoms with van der Waals surface area (Å²) in [6.07, 6.45) is 9.96. The molecule has 1 heterocycles. The molecule has 0 aromatic rings. The third-order valence-electron chi connectivity index (χ3n) is 2.85. The monoisotopic (exact) mass is 180 g/mol. The fourth-order valence-electron chi connectivity index (χ4n) is 1.91. The molecule has 1 spiro atoms. The summed E-state index contributed by atoms with van der Waals surface area (Å²) in [6.45, 7) is 4.79. The van der Waals surface area contributed by atoms with Gasteiger partial charge in [0.05, 0.1) is 18.1 Å². The average molecular weight is 180 g/mol. The van der Waals surface area contributed by atoms with Crippen LogP contribution in [0.25, 0.3) is 0 Å². The summed E-state index contributed by atoms with van der Waals surface area (Å²) in [6, 6.07) is 0. The van der Waals surface area contributed by atoms with Gasteiger partial charge >= 0.3 is 0 Å². The van der Waals surface area contributed by atoms with Gasteiger partial charge in [-0.3, -0.25) is 0 Å². The van der Waals surface area contributed by atoms with Crippen molar-refractivity contribution in [2.45, 2.75) is 32.7 Å². The molecule has 0 aromatic heterocycles. The Balaban J connectivity index is 2.17. The summed E-state index contributed by atoms with van der Waals surface area (Å²) in [5.74, 6) is 0. The fourth-order valence-corrected chi connectivity index (χ4v) is 1.91. The molecular weight excluding hydrogens is 164 g/mol. The molecular formula is C11H16O2. The molecule has 2 rings (SSSR count). The van der Waals surface area contributed by atoms with Gasteiger partial charge in [0.15, 0.2) is 6.29 Å². The second kappa shape index (κ2) is 3.28. The van der Waals surface area contributed by atoms with Gasteiger partial charge in [-0.25, -0.2) is 0 Å². The Labute approximate surface area is 79.2 Å². The molecule has 1 saturated heterocycles. The SMILES string of the molecule is C[C@H]1OCC2(C=CCC=C2)[C@H](C)O1. The first kappa shape index (κ1) is 8.97. The van der Waals surface area contributed by atoms with Crippen molar-refractivity contribution in [2.24, 2.45) is 5.41 Å². The molecule has 0 N–H and O–H groups in total. The van der Waals surface area contributed by atoms with Crippen molar-refractivity contribution >= 4 is 0 Å². The molecule has 0 amide bonds. The molecule has 0 radical (unpaired) electrons. The molecule has 0 bridgehead atoms. The van der Waals surface area contributed by atoms with E-state index in [0.29, 0.717) is 0 Å². The topological polar surface area (TPSA) is 18.5 Å². The maximum absolute atomic E-state index is 5.65. The molecule has 2 atom stereocenters. The minimum Gasteiger partial charge on any atom is -0.352 e. The molecule has 2 nitrogen and oxygen atoms in total. The first-order chi connectivity index (χ1) is 6.23. The van der Waals surface area contributed by atoms with Crippen LogP contribution in [0, 0.1) is 5.41 Å². The first-order valence-electron chi connectivity index (χ1n) is 4.85. The van der Waals surface area contributed by atoms with E-state index >= 15 is 0 Å². The molecule has 0 aromatic carbocycles. The third kappa shape index (κ3) is 1.56. The quantitative estimate of drug-likeness (QED) is 0.532. The van der Waals surface area contributed by atoms with Gasteiger partial charge < -0.3 is 9.47 Å². The van der Waals surface area contributed by atoms with Crippen LogP contribution in [0.15, 0.2) is 24.3 Å². The smallest absolute Gasteiger partial charge is 0.155 e. The number of ether oxygens (including phenoxy) is 2. The summed E-state index contributed by atoms with van der Waals surface area (Å²) < 4.78 is 11.2. The zero-order valence-corrected chi connectivity index (χ0v) is 8.19. The molecule has 72 valence electrons. The van der Waals surface area contributed by atoms with Gasteiger partial charge in [-0.1, -0.05) is 24.3 Å². The van der Waals surface area contributed by atoms with Gasteiger partial charge in [0.25, 0.3) is 0 Å². The number of hydrogen-bond donors (Lipinski definition) is 0. The lowest BCUT2D eigenvalue weighted by molar-refractivity contribution is -0.232. The summed E-state index contributed by atoms with van der Waals surface area (Å²) in [4.78, 5) is 0. The summed E-state index contributed by atoms with van der Waals surface area (Å²) in [5.41, 5.74) is -0.00917. The molecule has 2 heteroatoms. The highest BCUT2D eigenvalue weighted by Gasteiger charge is 2.38. The van der Waals surface area contributed by atoms with E-state index in [1.165, 1.54) is 0 Å². The molecule has 0 saturated carbocycles. The van der Waals surface area contributed by atoms with Crippen LogP contribution in [0.1, 0.15) is 20.3 Å². The predicted octanol–water partition coefficient (Wildman–Crippen LogP) is 2.27. The Bertz CT molecular complexity index is 230. The molecule has 1 aliphatic carbocycles. The molecule has 2 aliphatic rings. The largest absolute Gasteiger partial charge is 0.352 e. The van der Waals surface area contributed by atoms with E-state index in [2.05, 4.69) is 31.2 Å². The van der Waals surface area contributed by atoms with Gasteiger partial charge in [0, 0.05) is 0 Å². The first-order valence-corrected chi connectivity index (χ1v) is 4.85. The van der Waals surface area contributed by atoms with Crippen molar-refractivity contribution in [2.75, 3.05) is 6.61 Å². The fraction of sp³-hybridized carbons (Fsp3) is 0.636. The van der Waals surface area contributed by atoms with Crippen LogP contribution in [-0.4, -0.2) is 19.0 Å². The highest BCUT2D eigenvalue weighted by molar-refractivity contribution is 5.20. The van der Waals surface area contributed by atoms with E-state index in [1.54, 1.807) is 0 Å². The minimum atomic E-state index is -0.0654. The van der Waals surface area contributed by atoms with Crippen LogP contribution in [0.2, 0.25) is 0 Å². The number of rotatable bonds is 0. The standard InChI is InChI=1S/C11H16O2/c1-9-11(6-4-3-5-7-11)8-12-10(2)13-9/h4-7,9-10H,3,8H2,1-2H3/t9-,10-/m0/s1. The number of hydrogen-bond acceptors (Lipinski definition) is 2. The van der Waals surface area contributed by atoms with Gasteiger partial charge in [0.2, 0.25) is 0 Å². The lowest BCUT2D eigenvalue weighted by Crippen LogP contribution is -2.45. The maximum Gasteiger partial charge on any atom is 0.155 e. The summed E-state index contributed by atoms with van der Waals surface area (Å²) in [7, 11) is 0. The van der Waals surface area contributed by atoms with Crippen LogP contribution < -0.4 is 0 Å². The second-order valence-corrected chi connectivity index (χ2v) is 3.81. The van der Waals surface area contributed by atoms with Gasteiger partial charge in [0.1, 0.15) is 0 Å². The van der Waals surface area contributed by atoms with E-state index in [0.717, 1.165) is 13.0 Å². The predicted molar refractivity (Wildman–Crippen MR) is 51.3 cm³/mol. The van der Waals surface area contributed by atoms with Crippen molar-refractivity contribution in [3.8, 4) is 0 Å². The summed E-state index contributed by atoms with van der Waals surface area (Å²) in [5, 5.41) is 0. The van der Waals surface area contributed by atoms with Gasteiger partial charge in [-0.15, -0.1) is 0 Å². The number of allylic oxidation sites excluding steroid dienone is 2. The Morgan fingerprint density at radius 2 is 1.92 bits per heavy atom. The van der Waals surface area contributed by atoms with Crippen LogP contribution >= 0.6 is 0 Å². The van der Waals surface area contributed by atoms with Crippen molar-refractivity contribution < 1.29 is 9.47 Å². The van der Waals surface area contributed by atoms with Crippen LogP contribution in [0.4, 0.5) is 0 Å². The normalized spacial score (nSPS) is 36.8. The lowest BCUT2D eigenvalue weighted by Gasteiger charge is -2.41. The van der Waals surface area contributed by atoms with E-state index in [1.807, 2.05) is 6.92 Å². The Hall–Kier alpha value is -0.600. The Morgan fingerprint density at radius 1 is 1.23 bits per heavy atom. The van der Waals surface area contributed by atoms with Crippen LogP contribution in [0.3, 0.4) is 0 Å². The highest BCUT2D eigenvalue weighted by Crippen LogP contribution is 2.36. The Kier molecular flexibility index (Phi) is 2.26. The van der Waals surface area contributed by atoms with E-state index in [-0.39, 0.29) is 17.8 Å². The minimum absolute atomic E-state index is 0.00917. The van der Waals surface area contributed by atoms with Crippen LogP contribution in [-0.2, 0) is 9.47 Å². The van der Waals surface area contributed by atoms with Crippen molar-refractivity contribution in [1.29, 1.82) is 0 Å².